The van der Waals surface area contributed by atoms with Crippen molar-refractivity contribution in [2.75, 3.05) is 23.3 Å². The van der Waals surface area contributed by atoms with E-state index in [9.17, 15) is 9.59 Å². The molecule has 5 rings (SSSR count). The van der Waals surface area contributed by atoms with Crippen LogP contribution in [0, 0.1) is 0 Å². The van der Waals surface area contributed by atoms with Gasteiger partial charge in [0.05, 0.1) is 10.2 Å². The van der Waals surface area contributed by atoms with Gasteiger partial charge in [-0.25, -0.2) is 4.79 Å². The van der Waals surface area contributed by atoms with Gasteiger partial charge < -0.3 is 14.6 Å². The molecule has 1 saturated heterocycles. The first kappa shape index (κ1) is 21.8. The largest absolute Gasteiger partial charge is 0.421 e. The van der Waals surface area contributed by atoms with Crippen molar-refractivity contribution in [2.45, 2.75) is 12.8 Å². The maximum atomic E-state index is 12.9. The summed E-state index contributed by atoms with van der Waals surface area (Å²) in [5, 5.41) is 12.1. The van der Waals surface area contributed by atoms with Gasteiger partial charge >= 0.3 is 5.63 Å². The molecular formula is C24H18Br2N4O3. The first-order chi connectivity index (χ1) is 16.0. The van der Waals surface area contributed by atoms with E-state index in [0.29, 0.717) is 26.8 Å². The number of nitrogens with zero attached hydrogens (tertiary/aromatic N) is 3. The Kier molecular flexibility index (Phi) is 5.99. The number of nitrogens with one attached hydrogen (secondary N) is 1. The molecule has 33 heavy (non-hydrogen) atoms. The fourth-order valence-corrected chi connectivity index (χ4v) is 5.20. The van der Waals surface area contributed by atoms with Crippen molar-refractivity contribution >= 4 is 60.2 Å². The van der Waals surface area contributed by atoms with Gasteiger partial charge in [0.25, 0.3) is 5.91 Å². The normalized spacial score (nSPS) is 13.5. The van der Waals surface area contributed by atoms with Crippen LogP contribution < -0.4 is 15.8 Å². The molecule has 1 fully saturated rings. The highest BCUT2D eigenvalue weighted by Crippen LogP contribution is 2.28. The van der Waals surface area contributed by atoms with Crippen LogP contribution in [0.1, 0.15) is 23.2 Å². The van der Waals surface area contributed by atoms with E-state index in [2.05, 4.69) is 52.3 Å². The predicted octanol–water partition coefficient (Wildman–Crippen LogP) is 5.63. The number of anilines is 2. The molecule has 9 heteroatoms. The van der Waals surface area contributed by atoms with Gasteiger partial charge in [-0.15, -0.1) is 10.2 Å². The number of amides is 1. The molecular weight excluding hydrogens is 552 g/mol. The number of aromatic nitrogens is 2. The number of hydrogen-bond acceptors (Lipinski definition) is 6. The van der Waals surface area contributed by atoms with Crippen LogP contribution in [0.3, 0.4) is 0 Å². The highest BCUT2D eigenvalue weighted by atomic mass is 79.9. The van der Waals surface area contributed by atoms with Crippen molar-refractivity contribution in [3.05, 3.63) is 79.5 Å². The smallest absolute Gasteiger partial charge is 0.349 e. The van der Waals surface area contributed by atoms with E-state index in [4.69, 9.17) is 4.42 Å². The van der Waals surface area contributed by atoms with E-state index in [1.807, 2.05) is 24.3 Å². The number of fused-ring (bicyclic) bond motifs is 1. The molecule has 1 N–H and O–H groups in total. The third-order valence-corrected chi connectivity index (χ3v) is 6.54. The van der Waals surface area contributed by atoms with Crippen LogP contribution in [-0.4, -0.2) is 29.2 Å². The minimum atomic E-state index is -0.706. The predicted molar refractivity (Wildman–Crippen MR) is 135 cm³/mol. The summed E-state index contributed by atoms with van der Waals surface area (Å²) in [7, 11) is 0. The molecule has 3 heterocycles. The molecule has 4 aromatic rings. The molecule has 0 bridgehead atoms. The van der Waals surface area contributed by atoms with Gasteiger partial charge in [0, 0.05) is 34.2 Å². The third kappa shape index (κ3) is 4.56. The fourth-order valence-electron chi connectivity index (χ4n) is 3.86. The standard InChI is InChI=1S/C24H18Br2N4O3/c25-16-10-15-12-18(24(32)33-22(15)19(26)13-16)23(31)27-17-5-3-4-14(11-17)20-6-7-21(29-28-20)30-8-1-2-9-30/h3-7,10-13H,1-2,8-9H2,(H,27,31). The summed E-state index contributed by atoms with van der Waals surface area (Å²) in [5.41, 5.74) is 1.66. The highest BCUT2D eigenvalue weighted by Gasteiger charge is 2.17. The number of halogens is 2. The quantitative estimate of drug-likeness (QED) is 0.321. The summed E-state index contributed by atoms with van der Waals surface area (Å²) in [4.78, 5) is 27.5. The second-order valence-corrected chi connectivity index (χ2v) is 9.53. The fraction of sp³-hybridized carbons (Fsp3) is 0.167. The Labute approximate surface area is 206 Å². The number of benzene rings is 2. The maximum absolute atomic E-state index is 12.9. The van der Waals surface area contributed by atoms with Gasteiger partial charge in [-0.05, 0) is 71.2 Å². The number of carbonyl (C=O) groups excluding carboxylic acids is 1. The molecule has 0 saturated carbocycles. The number of rotatable bonds is 4. The molecule has 0 aliphatic carbocycles. The van der Waals surface area contributed by atoms with Crippen molar-refractivity contribution in [3.8, 4) is 11.3 Å². The van der Waals surface area contributed by atoms with Crippen LogP contribution in [0.4, 0.5) is 11.5 Å². The van der Waals surface area contributed by atoms with Crippen molar-refractivity contribution in [3.63, 3.8) is 0 Å². The van der Waals surface area contributed by atoms with E-state index in [0.717, 1.165) is 28.9 Å². The lowest BCUT2D eigenvalue weighted by molar-refractivity contribution is 0.102. The molecule has 0 radical (unpaired) electrons. The molecule has 1 aliphatic rings. The van der Waals surface area contributed by atoms with Gasteiger partial charge in [-0.1, -0.05) is 28.1 Å². The van der Waals surface area contributed by atoms with E-state index >= 15 is 0 Å². The zero-order valence-corrected chi connectivity index (χ0v) is 20.5. The lowest BCUT2D eigenvalue weighted by atomic mass is 10.1. The van der Waals surface area contributed by atoms with Crippen molar-refractivity contribution in [1.29, 1.82) is 0 Å². The second kappa shape index (κ2) is 9.07. The van der Waals surface area contributed by atoms with Crippen LogP contribution >= 0.6 is 31.9 Å². The molecule has 7 nitrogen and oxygen atoms in total. The number of carbonyl (C=O) groups is 1. The summed E-state index contributed by atoms with van der Waals surface area (Å²) in [6.07, 6.45) is 2.35. The highest BCUT2D eigenvalue weighted by molar-refractivity contribution is 9.11. The molecule has 2 aromatic heterocycles. The molecule has 0 atom stereocenters. The number of hydrogen-bond donors (Lipinski definition) is 1. The molecule has 0 spiro atoms. The lowest BCUT2D eigenvalue weighted by Crippen LogP contribution is -2.20. The van der Waals surface area contributed by atoms with Gasteiger partial charge in [0.15, 0.2) is 11.4 Å². The van der Waals surface area contributed by atoms with Gasteiger partial charge in [-0.3, -0.25) is 4.79 Å². The summed E-state index contributed by atoms with van der Waals surface area (Å²) >= 11 is 6.78. The Bertz CT molecular complexity index is 1410. The van der Waals surface area contributed by atoms with Crippen molar-refractivity contribution < 1.29 is 9.21 Å². The SMILES string of the molecule is O=C(Nc1cccc(-c2ccc(N3CCCC3)nn2)c1)c1cc2cc(Br)cc(Br)c2oc1=O. The van der Waals surface area contributed by atoms with E-state index in [1.54, 1.807) is 24.3 Å². The summed E-state index contributed by atoms with van der Waals surface area (Å²) in [6.45, 7) is 2.01. The van der Waals surface area contributed by atoms with E-state index in [-0.39, 0.29) is 5.56 Å². The van der Waals surface area contributed by atoms with Crippen LogP contribution in [0.2, 0.25) is 0 Å². The molecule has 1 amide bonds. The van der Waals surface area contributed by atoms with E-state index < -0.39 is 11.5 Å². The molecule has 166 valence electrons. The van der Waals surface area contributed by atoms with Crippen LogP contribution in [0.15, 0.2) is 72.8 Å². The minimum Gasteiger partial charge on any atom is -0.421 e. The molecule has 1 aliphatic heterocycles. The third-order valence-electron chi connectivity index (χ3n) is 5.49. The van der Waals surface area contributed by atoms with Crippen LogP contribution in [0.5, 0.6) is 0 Å². The Hall–Kier alpha value is -3.04. The monoisotopic (exact) mass is 568 g/mol. The second-order valence-electron chi connectivity index (χ2n) is 7.76. The average molecular weight is 570 g/mol. The zero-order chi connectivity index (χ0) is 22.9. The molecule has 0 unspecified atom stereocenters. The Morgan fingerprint density at radius 3 is 2.58 bits per heavy atom. The van der Waals surface area contributed by atoms with Crippen molar-refractivity contribution in [1.82, 2.24) is 10.2 Å². The Morgan fingerprint density at radius 2 is 1.82 bits per heavy atom. The van der Waals surface area contributed by atoms with Crippen LogP contribution in [-0.2, 0) is 0 Å². The van der Waals surface area contributed by atoms with Crippen LogP contribution in [0.25, 0.3) is 22.2 Å². The maximum Gasteiger partial charge on any atom is 0.349 e. The summed E-state index contributed by atoms with van der Waals surface area (Å²) in [5.74, 6) is 0.330. The summed E-state index contributed by atoms with van der Waals surface area (Å²) in [6, 6.07) is 16.2. The zero-order valence-electron chi connectivity index (χ0n) is 17.3. The minimum absolute atomic E-state index is 0.0762. The first-order valence-corrected chi connectivity index (χ1v) is 12.0. The topological polar surface area (TPSA) is 88.3 Å². The van der Waals surface area contributed by atoms with Crippen molar-refractivity contribution in [2.24, 2.45) is 0 Å². The average Bonchev–Trinajstić information content (AvgIpc) is 3.34. The molecule has 2 aromatic carbocycles. The first-order valence-electron chi connectivity index (χ1n) is 10.4. The Balaban J connectivity index is 1.39. The lowest BCUT2D eigenvalue weighted by Gasteiger charge is -2.15. The van der Waals surface area contributed by atoms with Gasteiger partial charge in [0.1, 0.15) is 5.56 Å². The summed E-state index contributed by atoms with van der Waals surface area (Å²) < 4.78 is 6.80. The Morgan fingerprint density at radius 1 is 1.00 bits per heavy atom. The van der Waals surface area contributed by atoms with E-state index in [1.165, 1.54) is 18.9 Å². The van der Waals surface area contributed by atoms with Gasteiger partial charge in [0.2, 0.25) is 0 Å². The van der Waals surface area contributed by atoms with Gasteiger partial charge in [-0.2, -0.15) is 0 Å².